The van der Waals surface area contributed by atoms with Gasteiger partial charge in [-0.1, -0.05) is 19.8 Å². The van der Waals surface area contributed by atoms with Gasteiger partial charge in [0, 0.05) is 6.04 Å². The number of nitrogens with one attached hydrogen (secondary N) is 2. The zero-order chi connectivity index (χ0) is 11.4. The monoisotopic (exact) mass is 221 g/mol. The molecule has 1 aliphatic carbocycles. The van der Waals surface area contributed by atoms with Gasteiger partial charge in [-0.25, -0.2) is 4.99 Å². The molecule has 2 atom stereocenters. The number of hydrogen-bond acceptors (Lipinski definition) is 5. The van der Waals surface area contributed by atoms with Crippen molar-refractivity contribution in [2.75, 3.05) is 13.3 Å². The summed E-state index contributed by atoms with van der Waals surface area (Å²) in [6.45, 7) is 3.82. The van der Waals surface area contributed by atoms with E-state index in [1.165, 1.54) is 25.7 Å². The predicted molar refractivity (Wildman–Crippen MR) is 62.3 cm³/mol. The van der Waals surface area contributed by atoms with E-state index in [0.717, 1.165) is 12.6 Å². The largest absolute Gasteiger partial charge is 0.343 e. The zero-order valence-electron chi connectivity index (χ0n) is 9.74. The fourth-order valence-corrected chi connectivity index (χ4v) is 2.64. The van der Waals surface area contributed by atoms with Crippen LogP contribution in [0.4, 0.5) is 0 Å². The highest BCUT2D eigenvalue weighted by molar-refractivity contribution is 5.81. The van der Waals surface area contributed by atoms with Crippen LogP contribution in [0.3, 0.4) is 0 Å². The van der Waals surface area contributed by atoms with E-state index in [1.54, 1.807) is 0 Å². The minimum absolute atomic E-state index is 0.599. The van der Waals surface area contributed by atoms with E-state index in [-0.39, 0.29) is 0 Å². The van der Waals surface area contributed by atoms with E-state index in [9.17, 15) is 0 Å². The van der Waals surface area contributed by atoms with Gasteiger partial charge in [-0.3, -0.25) is 10.2 Å². The molecule has 1 fully saturated rings. The molecule has 0 amide bonds. The van der Waals surface area contributed by atoms with Crippen LogP contribution in [-0.2, 0) is 0 Å². The number of guanidine groups is 1. The zero-order valence-corrected chi connectivity index (χ0v) is 9.74. The average molecular weight is 221 g/mol. The highest BCUT2D eigenvalue weighted by Crippen LogP contribution is 2.28. The summed E-state index contributed by atoms with van der Waals surface area (Å²) in [6, 6.07) is 0.647. The Hall–Kier alpha value is -1.28. The smallest absolute Gasteiger partial charge is 0.207 e. The number of hydrogen-bond donors (Lipinski definition) is 2. The maximum Gasteiger partial charge on any atom is 0.207 e. The minimum Gasteiger partial charge on any atom is -0.343 e. The molecule has 0 saturated heterocycles. The van der Waals surface area contributed by atoms with Crippen LogP contribution in [0, 0.1) is 17.4 Å². The van der Waals surface area contributed by atoms with Crippen LogP contribution >= 0.6 is 0 Å². The molecule has 0 unspecified atom stereocenters. The first-order chi connectivity index (χ1) is 7.81. The summed E-state index contributed by atoms with van der Waals surface area (Å²) < 4.78 is 0. The molecule has 0 bridgehead atoms. The molecule has 0 radical (unpaired) electrons. The van der Waals surface area contributed by atoms with Crippen LogP contribution < -0.4 is 10.6 Å². The maximum atomic E-state index is 8.48. The Bertz CT molecular complexity index is 306. The predicted octanol–water partition coefficient (Wildman–Crippen LogP) is 0.812. The highest BCUT2D eigenvalue weighted by Gasteiger charge is 2.28. The van der Waals surface area contributed by atoms with Crippen LogP contribution in [0.2, 0.25) is 0 Å². The third-order valence-corrected chi connectivity index (χ3v) is 3.57. The molecule has 88 valence electrons. The fourth-order valence-electron chi connectivity index (χ4n) is 2.64. The molecule has 2 aliphatic rings. The van der Waals surface area contributed by atoms with Crippen molar-refractivity contribution >= 4 is 5.96 Å². The third kappa shape index (κ3) is 2.45. The van der Waals surface area contributed by atoms with Gasteiger partial charge in [0.05, 0.1) is 13.3 Å². The second-order valence-corrected chi connectivity index (χ2v) is 4.64. The molecule has 16 heavy (non-hydrogen) atoms. The van der Waals surface area contributed by atoms with Crippen molar-refractivity contribution in [2.24, 2.45) is 10.9 Å². The molecule has 0 aromatic rings. The molecule has 1 saturated carbocycles. The quantitative estimate of drug-likeness (QED) is 0.508. The summed E-state index contributed by atoms with van der Waals surface area (Å²) in [4.78, 5) is 6.68. The Balaban J connectivity index is 1.90. The summed E-state index contributed by atoms with van der Waals surface area (Å²) in [5.41, 5.74) is 0. The van der Waals surface area contributed by atoms with Gasteiger partial charge in [-0.2, -0.15) is 5.26 Å². The number of rotatable bonds is 1. The molecule has 2 N–H and O–H groups in total. The van der Waals surface area contributed by atoms with E-state index < -0.39 is 0 Å². The summed E-state index contributed by atoms with van der Waals surface area (Å²) in [6.07, 6.45) is 7.18. The Labute approximate surface area is 96.5 Å². The molecule has 0 spiro atoms. The van der Waals surface area contributed by atoms with Crippen LogP contribution in [0.25, 0.3) is 0 Å². The Kier molecular flexibility index (Phi) is 3.62. The Morgan fingerprint density at radius 3 is 2.94 bits per heavy atom. The standard InChI is InChI=1S/C11H19N5/c1-9-4-2-3-5-10(9)16-7-14-11(13-6-12)15-8-16/h9-10H,2-5,7-8H2,1H3,(H2,13,14,15)/t9-,10-/m0/s1. The maximum absolute atomic E-state index is 8.48. The van der Waals surface area contributed by atoms with Crippen LogP contribution in [-0.4, -0.2) is 30.2 Å². The topological polar surface area (TPSA) is 63.5 Å². The van der Waals surface area contributed by atoms with Crippen LogP contribution in [0.5, 0.6) is 0 Å². The average Bonchev–Trinajstić information content (AvgIpc) is 2.31. The van der Waals surface area contributed by atoms with E-state index in [0.29, 0.717) is 18.7 Å². The first kappa shape index (κ1) is 11.2. The van der Waals surface area contributed by atoms with Crippen molar-refractivity contribution in [3.8, 4) is 6.19 Å². The molecule has 1 heterocycles. The van der Waals surface area contributed by atoms with Crippen LogP contribution in [0.1, 0.15) is 32.6 Å². The summed E-state index contributed by atoms with van der Waals surface area (Å²) >= 11 is 0. The van der Waals surface area contributed by atoms with E-state index >= 15 is 0 Å². The van der Waals surface area contributed by atoms with Gasteiger partial charge in [0.1, 0.15) is 0 Å². The first-order valence-electron chi connectivity index (χ1n) is 5.98. The molecule has 1 aliphatic heterocycles. The van der Waals surface area contributed by atoms with Gasteiger partial charge >= 0.3 is 0 Å². The number of aliphatic imine (C=N–C) groups is 1. The van der Waals surface area contributed by atoms with Crippen LogP contribution in [0.15, 0.2) is 4.99 Å². The van der Waals surface area contributed by atoms with Gasteiger partial charge < -0.3 is 5.32 Å². The molecular formula is C11H19N5. The van der Waals surface area contributed by atoms with Crippen molar-refractivity contribution < 1.29 is 0 Å². The molecular weight excluding hydrogens is 202 g/mol. The van der Waals surface area contributed by atoms with E-state index in [4.69, 9.17) is 5.26 Å². The third-order valence-electron chi connectivity index (χ3n) is 3.57. The number of nitrogens with zero attached hydrogens (tertiary/aromatic N) is 3. The van der Waals surface area contributed by atoms with Crippen molar-refractivity contribution in [1.29, 1.82) is 5.26 Å². The lowest BCUT2D eigenvalue weighted by Crippen LogP contribution is -2.53. The second kappa shape index (κ2) is 5.17. The lowest BCUT2D eigenvalue weighted by molar-refractivity contribution is 0.106. The molecule has 0 aromatic carbocycles. The Morgan fingerprint density at radius 1 is 1.50 bits per heavy atom. The van der Waals surface area contributed by atoms with Crippen molar-refractivity contribution in [1.82, 2.24) is 15.5 Å². The van der Waals surface area contributed by atoms with E-state index in [2.05, 4.69) is 27.4 Å². The second-order valence-electron chi connectivity index (χ2n) is 4.64. The van der Waals surface area contributed by atoms with Crippen molar-refractivity contribution in [2.45, 2.75) is 38.6 Å². The van der Waals surface area contributed by atoms with Gasteiger partial charge in [0.15, 0.2) is 6.19 Å². The lowest BCUT2D eigenvalue weighted by Gasteiger charge is -2.39. The minimum atomic E-state index is 0.599. The van der Waals surface area contributed by atoms with E-state index in [1.807, 2.05) is 6.19 Å². The SMILES string of the molecule is C[C@H]1CCCC[C@@H]1N1CN=C(NC#N)NC1. The molecule has 0 aromatic heterocycles. The summed E-state index contributed by atoms with van der Waals surface area (Å²) in [7, 11) is 0. The lowest BCUT2D eigenvalue weighted by atomic mass is 9.85. The van der Waals surface area contributed by atoms with Crippen molar-refractivity contribution in [3.05, 3.63) is 0 Å². The van der Waals surface area contributed by atoms with Gasteiger partial charge in [-0.15, -0.1) is 0 Å². The Morgan fingerprint density at radius 2 is 2.31 bits per heavy atom. The summed E-state index contributed by atoms with van der Waals surface area (Å²) in [5.74, 6) is 1.36. The first-order valence-corrected chi connectivity index (χ1v) is 5.98. The van der Waals surface area contributed by atoms with Crippen molar-refractivity contribution in [3.63, 3.8) is 0 Å². The number of nitriles is 1. The van der Waals surface area contributed by atoms with Gasteiger partial charge in [0.2, 0.25) is 5.96 Å². The van der Waals surface area contributed by atoms with Gasteiger partial charge in [-0.05, 0) is 18.8 Å². The molecule has 5 heteroatoms. The molecule has 5 nitrogen and oxygen atoms in total. The fraction of sp³-hybridized carbons (Fsp3) is 0.818. The normalized spacial score (nSPS) is 31.1. The highest BCUT2D eigenvalue weighted by atomic mass is 15.4. The molecule has 2 rings (SSSR count). The van der Waals surface area contributed by atoms with Gasteiger partial charge in [0.25, 0.3) is 0 Å². The summed E-state index contributed by atoms with van der Waals surface area (Å²) in [5, 5.41) is 14.1.